The topological polar surface area (TPSA) is 213 Å². The quantitative estimate of drug-likeness (QED) is 0.0687. The molecule has 14 nitrogen and oxygen atoms in total. The third kappa shape index (κ3) is 15.2. The van der Waals surface area contributed by atoms with Gasteiger partial charge in [-0.2, -0.15) is 9.29 Å². The molecule has 239 valence electrons. The number of phosphoric ester groups is 2. The first-order chi connectivity index (χ1) is 19.5. The monoisotopic (exact) mass is 650 g/mol. The van der Waals surface area contributed by atoms with Gasteiger partial charge in [-0.1, -0.05) is 90.4 Å². The zero-order valence-corrected chi connectivity index (χ0v) is 28.6. The van der Waals surface area contributed by atoms with Crippen molar-refractivity contribution in [3.05, 3.63) is 22.7 Å². The van der Waals surface area contributed by atoms with Crippen LogP contribution in [0.3, 0.4) is 0 Å². The molecular weight excluding hydrogens is 603 g/mol. The molecule has 1 aromatic heterocycles. The Kier molecular flexibility index (Phi) is 19.7. The summed E-state index contributed by atoms with van der Waals surface area (Å²) in [6.45, 7) is 1.27. The molecule has 2 heterocycles. The van der Waals surface area contributed by atoms with Gasteiger partial charge < -0.3 is 30.5 Å². The molecule has 1 aromatic rings. The molecule has 6 N–H and O–H groups in total. The molecule has 1 fully saturated rings. The van der Waals surface area contributed by atoms with Crippen molar-refractivity contribution in [3.8, 4) is 0 Å². The van der Waals surface area contributed by atoms with Gasteiger partial charge >= 0.3 is 21.3 Å². The molecule has 2 rings (SSSR count). The second-order valence-corrected chi connectivity index (χ2v) is 13.4. The molecule has 0 amide bonds. The molecule has 1 radical (unpaired) electrons. The minimum absolute atomic E-state index is 0. The number of hydrogen-bond acceptors (Lipinski definition) is 11. The Hall–Kier alpha value is -0.180. The van der Waals surface area contributed by atoms with E-state index in [-0.39, 0.29) is 42.0 Å². The summed E-state index contributed by atoms with van der Waals surface area (Å²) in [7, 11) is -10.0. The third-order valence-electron chi connectivity index (χ3n) is 6.82. The van der Waals surface area contributed by atoms with Gasteiger partial charge in [0.25, 0.3) is 0 Å². The molecule has 0 aliphatic carbocycles. The van der Waals surface area contributed by atoms with Gasteiger partial charge in [0.05, 0.1) is 13.2 Å². The predicted octanol–water partition coefficient (Wildman–Crippen LogP) is 3.80. The first-order valence-electron chi connectivity index (χ1n) is 14.5. The Morgan fingerprint density at radius 3 is 1.90 bits per heavy atom. The summed E-state index contributed by atoms with van der Waals surface area (Å²) in [5, 5.41) is 20.4. The van der Waals surface area contributed by atoms with E-state index < -0.39 is 52.5 Å². The summed E-state index contributed by atoms with van der Waals surface area (Å²) < 4.78 is 44.3. The van der Waals surface area contributed by atoms with E-state index in [4.69, 9.17) is 15.0 Å². The summed E-state index contributed by atoms with van der Waals surface area (Å²) >= 11 is 0. The Balaban J connectivity index is 0.00000882. The number of aliphatic hydroxyl groups is 2. The van der Waals surface area contributed by atoms with Crippen LogP contribution in [0.5, 0.6) is 0 Å². The number of unbranched alkanes of at least 4 members (excludes halogenated alkanes) is 13. The second-order valence-electron chi connectivity index (χ2n) is 10.3. The molecule has 1 aliphatic heterocycles. The molecule has 0 spiro atoms. The van der Waals surface area contributed by atoms with Crippen molar-refractivity contribution in [1.29, 1.82) is 0 Å². The van der Waals surface area contributed by atoms with Crippen LogP contribution in [0.15, 0.2) is 17.1 Å². The average Bonchev–Trinajstić information content (AvgIpc) is 3.17. The summed E-state index contributed by atoms with van der Waals surface area (Å²) in [6.07, 6.45) is 11.3. The summed E-state index contributed by atoms with van der Waals surface area (Å²) in [4.78, 5) is 35.2. The molecule has 0 saturated carbocycles. The van der Waals surface area contributed by atoms with Crippen molar-refractivity contribution < 1.29 is 47.2 Å². The predicted molar refractivity (Wildman–Crippen MR) is 158 cm³/mol. The van der Waals surface area contributed by atoms with Crippen LogP contribution in [0.1, 0.15) is 103 Å². The molecule has 42 heavy (non-hydrogen) atoms. The third-order valence-corrected chi connectivity index (χ3v) is 9.46. The molecular formula is C25H47N3NaO11P2. The van der Waals surface area contributed by atoms with Crippen LogP contribution in [0, 0.1) is 0 Å². The first-order valence-corrected chi connectivity index (χ1v) is 17.5. The number of nitrogens with zero attached hydrogens (tertiary/aromatic N) is 2. The van der Waals surface area contributed by atoms with Gasteiger partial charge in [0.1, 0.15) is 24.1 Å². The molecule has 1 saturated heterocycles. The molecule has 6 atom stereocenters. The summed E-state index contributed by atoms with van der Waals surface area (Å²) in [5.74, 6) is -0.0578. The standard InChI is InChI=1S/C25H47N3O11P2.Na/c1-2-3-4-5-6-7-8-9-10-11-12-13-14-15-18-36-40(32,33)39-41(34,35)37-19-20-22(29)23(30)24(38-20)28-17-16-21(26)27-25(28)31;/h16-17,20,22-24,29-30H,2-15,18-19H2,1H3,(H,32,33)(H,34,35)(H2,26,27,31);. The van der Waals surface area contributed by atoms with Gasteiger partial charge in [0.2, 0.25) is 0 Å². The van der Waals surface area contributed by atoms with E-state index in [1.165, 1.54) is 70.1 Å². The van der Waals surface area contributed by atoms with E-state index in [0.717, 1.165) is 30.3 Å². The van der Waals surface area contributed by atoms with Gasteiger partial charge in [-0.25, -0.2) is 13.9 Å². The normalized spacial score (nSPS) is 23.3. The van der Waals surface area contributed by atoms with Crippen LogP contribution in [-0.2, 0) is 27.2 Å². The SMILES string of the molecule is CCCCCCCCCCCCCCCCOP(=O)(O)OP(=O)(O)OCC1OC(n2ccc(N)nc2=O)C(O)C1O.[Na]. The van der Waals surface area contributed by atoms with Gasteiger partial charge in [-0.3, -0.25) is 13.6 Å². The van der Waals surface area contributed by atoms with Crippen molar-refractivity contribution in [2.45, 2.75) is 121 Å². The maximum Gasteiger partial charge on any atom is 0.481 e. The minimum Gasteiger partial charge on any atom is -0.387 e. The number of nitrogen functional groups attached to an aromatic ring is 1. The van der Waals surface area contributed by atoms with Crippen LogP contribution in [0.25, 0.3) is 0 Å². The first kappa shape index (κ1) is 39.8. The van der Waals surface area contributed by atoms with E-state index in [9.17, 15) is 33.9 Å². The number of nitrogens with two attached hydrogens (primary N) is 1. The van der Waals surface area contributed by atoms with Crippen molar-refractivity contribution in [3.63, 3.8) is 0 Å². The number of rotatable bonds is 22. The Morgan fingerprint density at radius 1 is 0.881 bits per heavy atom. The fraction of sp³-hybridized carbons (Fsp3) is 0.840. The van der Waals surface area contributed by atoms with Crippen molar-refractivity contribution in [2.24, 2.45) is 0 Å². The van der Waals surface area contributed by atoms with E-state index in [2.05, 4.69) is 20.7 Å². The number of phosphoric acid groups is 2. The van der Waals surface area contributed by atoms with Crippen molar-refractivity contribution >= 4 is 51.0 Å². The average molecular weight is 651 g/mol. The molecule has 0 bridgehead atoms. The fourth-order valence-electron chi connectivity index (χ4n) is 4.54. The maximum atomic E-state index is 12.2. The van der Waals surface area contributed by atoms with Crippen LogP contribution in [-0.4, -0.2) is 90.6 Å². The number of aromatic nitrogens is 2. The smallest absolute Gasteiger partial charge is 0.387 e. The summed E-state index contributed by atoms with van der Waals surface area (Å²) in [6, 6.07) is 1.28. The number of anilines is 1. The van der Waals surface area contributed by atoms with Gasteiger partial charge in [0, 0.05) is 35.8 Å². The Morgan fingerprint density at radius 2 is 1.38 bits per heavy atom. The van der Waals surface area contributed by atoms with E-state index in [1.54, 1.807) is 0 Å². The van der Waals surface area contributed by atoms with E-state index in [0.29, 0.717) is 6.42 Å². The largest absolute Gasteiger partial charge is 0.481 e. The molecule has 17 heteroatoms. The van der Waals surface area contributed by atoms with Crippen LogP contribution in [0.4, 0.5) is 5.82 Å². The van der Waals surface area contributed by atoms with E-state index >= 15 is 0 Å². The zero-order chi connectivity index (χ0) is 30.3. The van der Waals surface area contributed by atoms with Crippen LogP contribution in [0.2, 0.25) is 0 Å². The Bertz CT molecular complexity index is 1050. The number of ether oxygens (including phenoxy) is 1. The van der Waals surface area contributed by atoms with Gasteiger partial charge in [-0.05, 0) is 12.5 Å². The number of aliphatic hydroxyl groups excluding tert-OH is 2. The minimum atomic E-state index is -5.12. The molecule has 0 aromatic carbocycles. The van der Waals surface area contributed by atoms with Crippen LogP contribution >= 0.6 is 15.6 Å². The van der Waals surface area contributed by atoms with Crippen molar-refractivity contribution in [2.75, 3.05) is 18.9 Å². The van der Waals surface area contributed by atoms with Crippen LogP contribution < -0.4 is 11.4 Å². The second kappa shape index (κ2) is 20.8. The maximum absolute atomic E-state index is 12.2. The fourth-order valence-corrected chi connectivity index (χ4v) is 6.65. The van der Waals surface area contributed by atoms with Crippen molar-refractivity contribution in [1.82, 2.24) is 9.55 Å². The zero-order valence-electron chi connectivity index (χ0n) is 24.8. The van der Waals surface area contributed by atoms with E-state index in [1.807, 2.05) is 0 Å². The van der Waals surface area contributed by atoms with Gasteiger partial charge in [-0.15, -0.1) is 0 Å². The summed E-state index contributed by atoms with van der Waals surface area (Å²) in [5.41, 5.74) is 4.58. The molecule has 6 unspecified atom stereocenters. The Labute approximate surface area is 269 Å². The number of hydrogen-bond donors (Lipinski definition) is 5. The molecule has 1 aliphatic rings. The van der Waals surface area contributed by atoms with Gasteiger partial charge in [0.15, 0.2) is 6.23 Å².